The minimum atomic E-state index is -0.368. The number of hydrogen-bond donors (Lipinski definition) is 1. The van der Waals surface area contributed by atoms with E-state index in [1.54, 1.807) is 24.1 Å². The van der Waals surface area contributed by atoms with Gasteiger partial charge in [0.1, 0.15) is 11.4 Å². The zero-order valence-corrected chi connectivity index (χ0v) is 15.6. The molecule has 0 saturated carbocycles. The van der Waals surface area contributed by atoms with Crippen molar-refractivity contribution in [2.45, 2.75) is 19.6 Å². The SMILES string of the molecule is COc1ccc(CONC(=O)/C=C/c2cn(CCc3ccccc3)nn2)cc1. The van der Waals surface area contributed by atoms with E-state index in [-0.39, 0.29) is 12.5 Å². The highest BCUT2D eigenvalue weighted by molar-refractivity contribution is 5.90. The van der Waals surface area contributed by atoms with Gasteiger partial charge in [0.25, 0.3) is 5.91 Å². The molecule has 144 valence electrons. The molecule has 28 heavy (non-hydrogen) atoms. The molecule has 0 aliphatic carbocycles. The summed E-state index contributed by atoms with van der Waals surface area (Å²) in [7, 11) is 1.61. The number of aromatic nitrogens is 3. The maximum absolute atomic E-state index is 11.8. The van der Waals surface area contributed by atoms with Gasteiger partial charge in [0.2, 0.25) is 0 Å². The van der Waals surface area contributed by atoms with Gasteiger partial charge >= 0.3 is 0 Å². The molecule has 0 unspecified atom stereocenters. The molecular formula is C21H22N4O3. The summed E-state index contributed by atoms with van der Waals surface area (Å²) in [6, 6.07) is 17.6. The summed E-state index contributed by atoms with van der Waals surface area (Å²) in [6.07, 6.45) is 5.62. The number of nitrogens with one attached hydrogen (secondary N) is 1. The molecule has 0 spiro atoms. The maximum atomic E-state index is 11.8. The molecule has 7 heteroatoms. The van der Waals surface area contributed by atoms with Crippen LogP contribution in [0.2, 0.25) is 0 Å². The highest BCUT2D eigenvalue weighted by Crippen LogP contribution is 2.11. The Kier molecular flexibility index (Phi) is 6.92. The third kappa shape index (κ3) is 6.07. The Hall–Kier alpha value is -3.45. The van der Waals surface area contributed by atoms with Crippen LogP contribution in [0.15, 0.2) is 66.9 Å². The van der Waals surface area contributed by atoms with E-state index < -0.39 is 0 Å². The zero-order chi connectivity index (χ0) is 19.6. The van der Waals surface area contributed by atoms with Crippen molar-refractivity contribution in [3.8, 4) is 5.75 Å². The Balaban J connectivity index is 1.40. The lowest BCUT2D eigenvalue weighted by Gasteiger charge is -2.04. The molecule has 3 rings (SSSR count). The number of rotatable bonds is 9. The smallest absolute Gasteiger partial charge is 0.267 e. The first-order valence-corrected chi connectivity index (χ1v) is 8.90. The second-order valence-electron chi connectivity index (χ2n) is 6.08. The monoisotopic (exact) mass is 378 g/mol. The van der Waals surface area contributed by atoms with Gasteiger partial charge in [-0.05, 0) is 35.8 Å². The van der Waals surface area contributed by atoms with Gasteiger partial charge in [0.15, 0.2) is 0 Å². The Morgan fingerprint density at radius 2 is 1.89 bits per heavy atom. The first-order valence-electron chi connectivity index (χ1n) is 8.90. The van der Waals surface area contributed by atoms with Gasteiger partial charge in [-0.25, -0.2) is 5.48 Å². The van der Waals surface area contributed by atoms with Gasteiger partial charge in [-0.3, -0.25) is 14.3 Å². The average molecular weight is 378 g/mol. The Bertz CT molecular complexity index is 905. The topological polar surface area (TPSA) is 78.3 Å². The summed E-state index contributed by atoms with van der Waals surface area (Å²) in [5.41, 5.74) is 5.14. The summed E-state index contributed by atoms with van der Waals surface area (Å²) in [6.45, 7) is 0.987. The van der Waals surface area contributed by atoms with Crippen LogP contribution in [0.1, 0.15) is 16.8 Å². The van der Waals surface area contributed by atoms with Gasteiger partial charge in [0.05, 0.1) is 19.9 Å². The molecule has 0 aliphatic heterocycles. The van der Waals surface area contributed by atoms with Gasteiger partial charge in [-0.15, -0.1) is 5.10 Å². The van der Waals surface area contributed by atoms with Crippen molar-refractivity contribution < 1.29 is 14.4 Å². The standard InChI is InChI=1S/C21H22N4O3/c1-27-20-10-7-18(8-11-20)16-28-23-21(26)12-9-19-15-25(24-22-19)14-13-17-5-3-2-4-6-17/h2-12,15H,13-14,16H2,1H3,(H,23,26)/b12-9+. The summed E-state index contributed by atoms with van der Waals surface area (Å²) >= 11 is 0. The van der Waals surface area contributed by atoms with Crippen LogP contribution in [0.4, 0.5) is 0 Å². The number of hydrogen-bond acceptors (Lipinski definition) is 5. The maximum Gasteiger partial charge on any atom is 0.267 e. The van der Waals surface area contributed by atoms with Gasteiger partial charge in [0, 0.05) is 12.6 Å². The van der Waals surface area contributed by atoms with E-state index >= 15 is 0 Å². The van der Waals surface area contributed by atoms with Crippen LogP contribution in [0.5, 0.6) is 5.75 Å². The highest BCUT2D eigenvalue weighted by Gasteiger charge is 2.01. The fraction of sp³-hybridized carbons (Fsp3) is 0.190. The van der Waals surface area contributed by atoms with E-state index in [1.807, 2.05) is 42.5 Å². The molecule has 3 aromatic rings. The molecule has 2 aromatic carbocycles. The van der Waals surface area contributed by atoms with Crippen molar-refractivity contribution in [1.29, 1.82) is 0 Å². The van der Waals surface area contributed by atoms with E-state index in [0.29, 0.717) is 5.69 Å². The molecule has 7 nitrogen and oxygen atoms in total. The summed E-state index contributed by atoms with van der Waals surface area (Å²) < 4.78 is 6.85. The zero-order valence-electron chi connectivity index (χ0n) is 15.6. The largest absolute Gasteiger partial charge is 0.497 e. The van der Waals surface area contributed by atoms with Crippen molar-refractivity contribution in [1.82, 2.24) is 20.5 Å². The molecule has 0 saturated heterocycles. The van der Waals surface area contributed by atoms with E-state index in [0.717, 1.165) is 24.3 Å². The van der Waals surface area contributed by atoms with Crippen LogP contribution in [-0.4, -0.2) is 28.0 Å². The molecule has 1 aromatic heterocycles. The highest BCUT2D eigenvalue weighted by atomic mass is 16.6. The van der Waals surface area contributed by atoms with Crippen LogP contribution < -0.4 is 10.2 Å². The lowest BCUT2D eigenvalue weighted by atomic mass is 10.1. The lowest BCUT2D eigenvalue weighted by Crippen LogP contribution is -2.21. The predicted molar refractivity (Wildman–Crippen MR) is 105 cm³/mol. The van der Waals surface area contributed by atoms with Crippen LogP contribution in [0.3, 0.4) is 0 Å². The lowest BCUT2D eigenvalue weighted by molar-refractivity contribution is -0.129. The average Bonchev–Trinajstić information content (AvgIpc) is 3.20. The minimum Gasteiger partial charge on any atom is -0.497 e. The number of nitrogens with zero attached hydrogens (tertiary/aromatic N) is 3. The van der Waals surface area contributed by atoms with Crippen molar-refractivity contribution in [2.75, 3.05) is 7.11 Å². The number of hydroxylamine groups is 1. The normalized spacial score (nSPS) is 10.9. The molecule has 0 fully saturated rings. The minimum absolute atomic E-state index is 0.263. The van der Waals surface area contributed by atoms with E-state index in [1.165, 1.54) is 11.6 Å². The quantitative estimate of drug-likeness (QED) is 0.458. The fourth-order valence-electron chi connectivity index (χ4n) is 2.49. The molecule has 0 radical (unpaired) electrons. The predicted octanol–water partition coefficient (Wildman–Crippen LogP) is 2.79. The number of benzene rings is 2. The number of aryl methyl sites for hydroxylation is 2. The van der Waals surface area contributed by atoms with Gasteiger partial charge < -0.3 is 4.74 Å². The van der Waals surface area contributed by atoms with E-state index in [9.17, 15) is 4.79 Å². The third-order valence-corrected chi connectivity index (χ3v) is 4.00. The Morgan fingerprint density at radius 3 is 2.64 bits per heavy atom. The Morgan fingerprint density at radius 1 is 1.11 bits per heavy atom. The molecule has 0 atom stereocenters. The van der Waals surface area contributed by atoms with E-state index in [2.05, 4.69) is 27.9 Å². The number of methoxy groups -OCH3 is 1. The second-order valence-corrected chi connectivity index (χ2v) is 6.08. The third-order valence-electron chi connectivity index (χ3n) is 4.00. The van der Waals surface area contributed by atoms with Crippen molar-refractivity contribution in [3.05, 3.63) is 83.7 Å². The van der Waals surface area contributed by atoms with Crippen molar-refractivity contribution in [2.24, 2.45) is 0 Å². The molecule has 0 aliphatic rings. The first-order chi connectivity index (χ1) is 13.7. The first kappa shape index (κ1) is 19.3. The van der Waals surface area contributed by atoms with E-state index in [4.69, 9.17) is 9.57 Å². The van der Waals surface area contributed by atoms with Crippen LogP contribution in [-0.2, 0) is 29.2 Å². The summed E-state index contributed by atoms with van der Waals surface area (Å²) in [5.74, 6) is 0.403. The van der Waals surface area contributed by atoms with Crippen LogP contribution >= 0.6 is 0 Å². The number of carbonyl (C=O) groups is 1. The second kappa shape index (κ2) is 10.0. The Labute approximate surface area is 163 Å². The molecular weight excluding hydrogens is 356 g/mol. The number of carbonyl (C=O) groups excluding carboxylic acids is 1. The number of ether oxygens (including phenoxy) is 1. The fourth-order valence-corrected chi connectivity index (χ4v) is 2.49. The molecule has 1 N–H and O–H groups in total. The van der Waals surface area contributed by atoms with Crippen molar-refractivity contribution >= 4 is 12.0 Å². The molecule has 1 heterocycles. The molecule has 0 bridgehead atoms. The molecule has 1 amide bonds. The summed E-state index contributed by atoms with van der Waals surface area (Å²) in [5, 5.41) is 8.11. The number of amides is 1. The van der Waals surface area contributed by atoms with Gasteiger partial charge in [-0.2, -0.15) is 0 Å². The van der Waals surface area contributed by atoms with Gasteiger partial charge in [-0.1, -0.05) is 47.7 Å². The van der Waals surface area contributed by atoms with Crippen molar-refractivity contribution in [3.63, 3.8) is 0 Å². The summed E-state index contributed by atoms with van der Waals surface area (Å²) in [4.78, 5) is 17.0. The van der Waals surface area contributed by atoms with Crippen LogP contribution in [0.25, 0.3) is 6.08 Å². The van der Waals surface area contributed by atoms with Crippen LogP contribution in [0, 0.1) is 0 Å².